The summed E-state index contributed by atoms with van der Waals surface area (Å²) in [5.74, 6) is 0.636. The molecular formula is C25H25NO2. The predicted octanol–water partition coefficient (Wildman–Crippen LogP) is 5.25. The van der Waals surface area contributed by atoms with E-state index in [4.69, 9.17) is 4.74 Å². The molecule has 0 radical (unpaired) electrons. The van der Waals surface area contributed by atoms with Gasteiger partial charge in [0.25, 0.3) is 5.91 Å². The normalized spacial score (nSPS) is 11.5. The van der Waals surface area contributed by atoms with E-state index in [2.05, 4.69) is 43.1 Å². The molecule has 0 spiro atoms. The Labute approximate surface area is 166 Å². The number of aryl methyl sites for hydroxylation is 1. The molecule has 3 aromatic carbocycles. The molecule has 0 aromatic heterocycles. The predicted molar refractivity (Wildman–Crippen MR) is 114 cm³/mol. The van der Waals surface area contributed by atoms with Crippen molar-refractivity contribution >= 4 is 5.91 Å². The molecule has 0 fully saturated rings. The van der Waals surface area contributed by atoms with Crippen LogP contribution in [0.3, 0.4) is 0 Å². The van der Waals surface area contributed by atoms with Gasteiger partial charge >= 0.3 is 0 Å². The van der Waals surface area contributed by atoms with Gasteiger partial charge in [-0.3, -0.25) is 4.79 Å². The van der Waals surface area contributed by atoms with Crippen molar-refractivity contribution < 1.29 is 9.53 Å². The third kappa shape index (κ3) is 4.49. The van der Waals surface area contributed by atoms with E-state index in [0.717, 1.165) is 22.4 Å². The fourth-order valence-corrected chi connectivity index (χ4v) is 3.21. The highest BCUT2D eigenvalue weighted by atomic mass is 16.5. The zero-order chi connectivity index (χ0) is 19.9. The Morgan fingerprint density at radius 3 is 2.36 bits per heavy atom. The SMILES string of the molecule is C=CCc1cc(C(=O)NC(c2ccccc2)c2ccc(C)cc2)ccc1OC. The molecule has 0 aliphatic carbocycles. The van der Waals surface area contributed by atoms with Crippen molar-refractivity contribution in [2.75, 3.05) is 7.11 Å². The number of amides is 1. The van der Waals surface area contributed by atoms with Crippen molar-refractivity contribution in [2.45, 2.75) is 19.4 Å². The van der Waals surface area contributed by atoms with Crippen LogP contribution in [0.4, 0.5) is 0 Å². The number of carbonyl (C=O) groups excluding carboxylic acids is 1. The smallest absolute Gasteiger partial charge is 0.252 e. The molecule has 0 heterocycles. The Morgan fingerprint density at radius 1 is 1.04 bits per heavy atom. The van der Waals surface area contributed by atoms with Crippen LogP contribution in [0.1, 0.15) is 38.7 Å². The Hall–Kier alpha value is -3.33. The molecule has 3 heteroatoms. The maximum atomic E-state index is 13.0. The van der Waals surface area contributed by atoms with E-state index in [1.807, 2.05) is 42.5 Å². The number of allylic oxidation sites excluding steroid dienone is 1. The second-order valence-electron chi connectivity index (χ2n) is 6.75. The van der Waals surface area contributed by atoms with Crippen LogP contribution in [-0.2, 0) is 6.42 Å². The first-order valence-electron chi connectivity index (χ1n) is 9.32. The van der Waals surface area contributed by atoms with Gasteiger partial charge in [0.15, 0.2) is 0 Å². The van der Waals surface area contributed by atoms with Gasteiger partial charge in [-0.25, -0.2) is 0 Å². The quantitative estimate of drug-likeness (QED) is 0.576. The van der Waals surface area contributed by atoms with Crippen LogP contribution < -0.4 is 10.1 Å². The third-order valence-electron chi connectivity index (χ3n) is 4.73. The molecule has 0 aliphatic heterocycles. The van der Waals surface area contributed by atoms with Crippen LogP contribution in [0, 0.1) is 6.92 Å². The average Bonchev–Trinajstić information content (AvgIpc) is 2.73. The summed E-state index contributed by atoms with van der Waals surface area (Å²) in [5, 5.41) is 3.19. The summed E-state index contributed by atoms with van der Waals surface area (Å²) in [6.07, 6.45) is 2.45. The zero-order valence-corrected chi connectivity index (χ0v) is 16.3. The van der Waals surface area contributed by atoms with E-state index in [1.54, 1.807) is 19.3 Å². The van der Waals surface area contributed by atoms with Gasteiger partial charge in [0.1, 0.15) is 5.75 Å². The number of carbonyl (C=O) groups is 1. The summed E-state index contributed by atoms with van der Waals surface area (Å²) in [5.41, 5.74) is 4.82. The number of rotatable bonds is 7. The molecule has 3 aromatic rings. The molecule has 1 amide bonds. The standard InChI is InChI=1S/C25H25NO2/c1-4-8-21-17-22(15-16-23(21)28-3)25(27)26-24(19-9-6-5-7-10-19)20-13-11-18(2)12-14-20/h4-7,9-17,24H,1,8H2,2-3H3,(H,26,27). The number of benzene rings is 3. The minimum absolute atomic E-state index is 0.123. The lowest BCUT2D eigenvalue weighted by molar-refractivity contribution is 0.0943. The molecule has 0 aliphatic rings. The topological polar surface area (TPSA) is 38.3 Å². The summed E-state index contributed by atoms with van der Waals surface area (Å²) in [6, 6.07) is 23.5. The second-order valence-corrected chi connectivity index (χ2v) is 6.75. The molecule has 1 N–H and O–H groups in total. The van der Waals surface area contributed by atoms with Crippen molar-refractivity contribution in [3.8, 4) is 5.75 Å². The Morgan fingerprint density at radius 2 is 1.71 bits per heavy atom. The van der Waals surface area contributed by atoms with Crippen molar-refractivity contribution in [1.82, 2.24) is 5.32 Å². The first-order chi connectivity index (χ1) is 13.6. The highest BCUT2D eigenvalue weighted by Gasteiger charge is 2.18. The van der Waals surface area contributed by atoms with Crippen molar-refractivity contribution in [3.63, 3.8) is 0 Å². The first-order valence-corrected chi connectivity index (χ1v) is 9.32. The summed E-state index contributed by atoms with van der Waals surface area (Å²) < 4.78 is 5.38. The van der Waals surface area contributed by atoms with E-state index in [-0.39, 0.29) is 11.9 Å². The molecule has 142 valence electrons. The number of hydrogen-bond acceptors (Lipinski definition) is 2. The molecule has 0 saturated heterocycles. The van der Waals surface area contributed by atoms with Gasteiger partial charge in [-0.05, 0) is 48.2 Å². The van der Waals surface area contributed by atoms with Crippen LogP contribution in [0.15, 0.2) is 85.5 Å². The van der Waals surface area contributed by atoms with E-state index in [0.29, 0.717) is 12.0 Å². The molecule has 28 heavy (non-hydrogen) atoms. The lowest BCUT2D eigenvalue weighted by atomic mass is 9.97. The minimum Gasteiger partial charge on any atom is -0.496 e. The minimum atomic E-state index is -0.223. The fourth-order valence-electron chi connectivity index (χ4n) is 3.21. The lowest BCUT2D eigenvalue weighted by Gasteiger charge is -2.20. The first kappa shape index (κ1) is 19.4. The maximum Gasteiger partial charge on any atom is 0.252 e. The largest absolute Gasteiger partial charge is 0.496 e. The second kappa shape index (κ2) is 9.05. The van der Waals surface area contributed by atoms with Crippen molar-refractivity contribution in [2.24, 2.45) is 0 Å². The third-order valence-corrected chi connectivity index (χ3v) is 4.73. The summed E-state index contributed by atoms with van der Waals surface area (Å²) >= 11 is 0. The van der Waals surface area contributed by atoms with Gasteiger partial charge in [-0.1, -0.05) is 66.2 Å². The maximum absolute atomic E-state index is 13.0. The van der Waals surface area contributed by atoms with Gasteiger partial charge in [-0.15, -0.1) is 6.58 Å². The number of methoxy groups -OCH3 is 1. The van der Waals surface area contributed by atoms with Crippen LogP contribution in [0.5, 0.6) is 5.75 Å². The fraction of sp³-hybridized carbons (Fsp3) is 0.160. The zero-order valence-electron chi connectivity index (χ0n) is 16.3. The molecule has 0 bridgehead atoms. The van der Waals surface area contributed by atoms with E-state index in [1.165, 1.54) is 5.56 Å². The Balaban J connectivity index is 1.92. The molecule has 0 saturated carbocycles. The number of ether oxygens (including phenoxy) is 1. The Kier molecular flexibility index (Phi) is 6.28. The van der Waals surface area contributed by atoms with E-state index >= 15 is 0 Å². The average molecular weight is 371 g/mol. The van der Waals surface area contributed by atoms with Gasteiger partial charge in [0, 0.05) is 5.56 Å². The van der Waals surface area contributed by atoms with Gasteiger partial charge in [0.2, 0.25) is 0 Å². The van der Waals surface area contributed by atoms with Crippen LogP contribution >= 0.6 is 0 Å². The van der Waals surface area contributed by atoms with Crippen LogP contribution in [0.2, 0.25) is 0 Å². The monoisotopic (exact) mass is 371 g/mol. The Bertz CT molecular complexity index is 946. The van der Waals surface area contributed by atoms with Gasteiger partial charge in [-0.2, -0.15) is 0 Å². The summed E-state index contributed by atoms with van der Waals surface area (Å²) in [6.45, 7) is 5.84. The number of nitrogens with one attached hydrogen (secondary N) is 1. The molecule has 1 unspecified atom stereocenters. The molecule has 3 rings (SSSR count). The van der Waals surface area contributed by atoms with Gasteiger partial charge < -0.3 is 10.1 Å². The number of hydrogen-bond donors (Lipinski definition) is 1. The van der Waals surface area contributed by atoms with Crippen molar-refractivity contribution in [1.29, 1.82) is 0 Å². The van der Waals surface area contributed by atoms with Crippen molar-refractivity contribution in [3.05, 3.63) is 113 Å². The van der Waals surface area contributed by atoms with Crippen LogP contribution in [-0.4, -0.2) is 13.0 Å². The summed E-state index contributed by atoms with van der Waals surface area (Å²) in [7, 11) is 1.63. The van der Waals surface area contributed by atoms with Crippen LogP contribution in [0.25, 0.3) is 0 Å². The van der Waals surface area contributed by atoms with E-state index < -0.39 is 0 Å². The molecular weight excluding hydrogens is 346 g/mol. The van der Waals surface area contributed by atoms with E-state index in [9.17, 15) is 4.79 Å². The highest BCUT2D eigenvalue weighted by molar-refractivity contribution is 5.95. The summed E-state index contributed by atoms with van der Waals surface area (Å²) in [4.78, 5) is 13.0. The molecule has 1 atom stereocenters. The molecule has 3 nitrogen and oxygen atoms in total. The lowest BCUT2D eigenvalue weighted by Crippen LogP contribution is -2.29. The highest BCUT2D eigenvalue weighted by Crippen LogP contribution is 2.25. The van der Waals surface area contributed by atoms with Gasteiger partial charge in [0.05, 0.1) is 13.2 Å².